The molecule has 1 aliphatic rings. The molecule has 23 heavy (non-hydrogen) atoms. The molecule has 5 heteroatoms. The molecule has 128 valence electrons. The fraction of sp³-hybridized carbons (Fsp3) is 0.611. The largest absolute Gasteiger partial charge is 0.444 e. The summed E-state index contributed by atoms with van der Waals surface area (Å²) in [6.07, 6.45) is 1.86. The Morgan fingerprint density at radius 2 is 2.13 bits per heavy atom. The van der Waals surface area contributed by atoms with Crippen molar-refractivity contribution in [2.75, 3.05) is 13.1 Å². The van der Waals surface area contributed by atoms with E-state index in [-0.39, 0.29) is 18.2 Å². The molecule has 0 saturated carbocycles. The predicted molar refractivity (Wildman–Crippen MR) is 96.5 cm³/mol. The summed E-state index contributed by atoms with van der Waals surface area (Å²) in [4.78, 5) is 14.2. The number of benzene rings is 1. The monoisotopic (exact) mass is 382 g/mol. The number of amides is 1. The van der Waals surface area contributed by atoms with Crippen LogP contribution in [0, 0.1) is 0 Å². The van der Waals surface area contributed by atoms with Crippen LogP contribution in [0.15, 0.2) is 28.7 Å². The van der Waals surface area contributed by atoms with Crippen molar-refractivity contribution in [3.8, 4) is 0 Å². The second-order valence-electron chi connectivity index (χ2n) is 7.12. The Hall–Kier alpha value is -1.07. The molecule has 1 N–H and O–H groups in total. The van der Waals surface area contributed by atoms with Gasteiger partial charge < -0.3 is 15.0 Å². The zero-order chi connectivity index (χ0) is 17.0. The fourth-order valence-corrected chi connectivity index (χ4v) is 3.49. The SMILES string of the molecule is CC(NCC1CCCN1C(=O)OC(C)(C)C)c1ccccc1Br. The van der Waals surface area contributed by atoms with Gasteiger partial charge in [-0.15, -0.1) is 0 Å². The Morgan fingerprint density at radius 1 is 1.43 bits per heavy atom. The molecule has 0 aliphatic carbocycles. The van der Waals surface area contributed by atoms with Gasteiger partial charge in [-0.1, -0.05) is 34.1 Å². The maximum absolute atomic E-state index is 12.3. The van der Waals surface area contributed by atoms with Crippen LogP contribution >= 0.6 is 15.9 Å². The number of carbonyl (C=O) groups is 1. The molecular weight excluding hydrogens is 356 g/mol. The van der Waals surface area contributed by atoms with Crippen molar-refractivity contribution in [3.63, 3.8) is 0 Å². The first-order valence-corrected chi connectivity index (χ1v) is 9.04. The van der Waals surface area contributed by atoms with Crippen molar-refractivity contribution in [1.82, 2.24) is 10.2 Å². The summed E-state index contributed by atoms with van der Waals surface area (Å²) < 4.78 is 6.62. The maximum atomic E-state index is 12.3. The van der Waals surface area contributed by atoms with E-state index in [4.69, 9.17) is 4.74 Å². The Labute approximate surface area is 147 Å². The highest BCUT2D eigenvalue weighted by atomic mass is 79.9. The van der Waals surface area contributed by atoms with Crippen LogP contribution in [0.1, 0.15) is 52.1 Å². The van der Waals surface area contributed by atoms with E-state index >= 15 is 0 Å². The van der Waals surface area contributed by atoms with Crippen LogP contribution in [-0.2, 0) is 4.74 Å². The van der Waals surface area contributed by atoms with Gasteiger partial charge >= 0.3 is 6.09 Å². The first-order valence-electron chi connectivity index (χ1n) is 8.25. The number of rotatable bonds is 4. The Bertz CT molecular complexity index is 542. The molecular formula is C18H27BrN2O2. The smallest absolute Gasteiger partial charge is 0.410 e. The molecule has 1 aliphatic heterocycles. The normalized spacial score (nSPS) is 19.7. The van der Waals surface area contributed by atoms with Crippen LogP contribution < -0.4 is 5.32 Å². The summed E-state index contributed by atoms with van der Waals surface area (Å²) in [5, 5.41) is 3.55. The van der Waals surface area contributed by atoms with Gasteiger partial charge in [0.25, 0.3) is 0 Å². The summed E-state index contributed by atoms with van der Waals surface area (Å²) in [5.74, 6) is 0. The van der Waals surface area contributed by atoms with Crippen LogP contribution in [0.25, 0.3) is 0 Å². The minimum atomic E-state index is -0.445. The summed E-state index contributed by atoms with van der Waals surface area (Å²) in [6.45, 7) is 9.43. The third-order valence-electron chi connectivity index (χ3n) is 4.04. The molecule has 2 unspecified atom stereocenters. The minimum Gasteiger partial charge on any atom is -0.444 e. The summed E-state index contributed by atoms with van der Waals surface area (Å²) >= 11 is 3.59. The average Bonchev–Trinajstić information content (AvgIpc) is 2.92. The molecule has 1 aromatic carbocycles. The molecule has 2 rings (SSSR count). The Kier molecular flexibility index (Phi) is 6.09. The van der Waals surface area contributed by atoms with Crippen molar-refractivity contribution >= 4 is 22.0 Å². The molecule has 2 atom stereocenters. The van der Waals surface area contributed by atoms with E-state index in [9.17, 15) is 4.79 Å². The zero-order valence-electron chi connectivity index (χ0n) is 14.4. The van der Waals surface area contributed by atoms with Crippen LogP contribution in [0.4, 0.5) is 4.79 Å². The van der Waals surface area contributed by atoms with Gasteiger partial charge in [0.1, 0.15) is 5.60 Å². The van der Waals surface area contributed by atoms with Crippen LogP contribution in [0.3, 0.4) is 0 Å². The number of hydrogen-bond donors (Lipinski definition) is 1. The van der Waals surface area contributed by atoms with Gasteiger partial charge in [0.2, 0.25) is 0 Å². The zero-order valence-corrected chi connectivity index (χ0v) is 16.0. The lowest BCUT2D eigenvalue weighted by atomic mass is 10.1. The summed E-state index contributed by atoms with van der Waals surface area (Å²) in [5.41, 5.74) is 0.786. The standard InChI is InChI=1S/C18H27BrN2O2/c1-13(15-9-5-6-10-16(15)19)20-12-14-8-7-11-21(14)17(22)23-18(2,3)4/h5-6,9-10,13-14,20H,7-8,11-12H2,1-4H3. The van der Waals surface area contributed by atoms with E-state index in [1.54, 1.807) is 0 Å². The molecule has 1 heterocycles. The third kappa shape index (κ3) is 5.21. The number of nitrogens with one attached hydrogen (secondary N) is 1. The highest BCUT2D eigenvalue weighted by Crippen LogP contribution is 2.24. The van der Waals surface area contributed by atoms with Crippen molar-refractivity contribution in [2.45, 2.75) is 58.2 Å². The topological polar surface area (TPSA) is 41.6 Å². The minimum absolute atomic E-state index is 0.199. The molecule has 1 aromatic rings. The van der Waals surface area contributed by atoms with Crippen LogP contribution in [0.2, 0.25) is 0 Å². The van der Waals surface area contributed by atoms with E-state index in [1.807, 2.05) is 37.8 Å². The number of ether oxygens (including phenoxy) is 1. The molecule has 0 aromatic heterocycles. The second-order valence-corrected chi connectivity index (χ2v) is 7.98. The van der Waals surface area contributed by atoms with E-state index < -0.39 is 5.60 Å². The van der Waals surface area contributed by atoms with Crippen LogP contribution in [-0.4, -0.2) is 35.7 Å². The second kappa shape index (κ2) is 7.67. The maximum Gasteiger partial charge on any atom is 0.410 e. The number of likely N-dealkylation sites (tertiary alicyclic amines) is 1. The molecule has 1 amide bonds. The van der Waals surface area contributed by atoms with Crippen molar-refractivity contribution in [1.29, 1.82) is 0 Å². The average molecular weight is 383 g/mol. The highest BCUT2D eigenvalue weighted by molar-refractivity contribution is 9.10. The number of nitrogens with zero attached hydrogens (tertiary/aromatic N) is 1. The summed E-state index contributed by atoms with van der Waals surface area (Å²) in [6, 6.07) is 8.65. The van der Waals surface area contributed by atoms with E-state index in [1.165, 1.54) is 5.56 Å². The quantitative estimate of drug-likeness (QED) is 0.833. The third-order valence-corrected chi connectivity index (χ3v) is 4.76. The van der Waals surface area contributed by atoms with Gasteiger partial charge in [-0.2, -0.15) is 0 Å². The molecule has 1 saturated heterocycles. The Morgan fingerprint density at radius 3 is 2.78 bits per heavy atom. The number of carbonyl (C=O) groups excluding carboxylic acids is 1. The molecule has 0 radical (unpaired) electrons. The van der Waals surface area contributed by atoms with Crippen molar-refractivity contribution in [3.05, 3.63) is 34.3 Å². The molecule has 4 nitrogen and oxygen atoms in total. The van der Waals surface area contributed by atoms with E-state index in [0.717, 1.165) is 30.4 Å². The van der Waals surface area contributed by atoms with Gasteiger partial charge in [0, 0.05) is 29.6 Å². The molecule has 1 fully saturated rings. The first kappa shape index (κ1) is 18.3. The van der Waals surface area contributed by atoms with Crippen molar-refractivity contribution in [2.24, 2.45) is 0 Å². The van der Waals surface area contributed by atoms with Gasteiger partial charge in [-0.05, 0) is 52.2 Å². The lowest BCUT2D eigenvalue weighted by Crippen LogP contribution is -2.44. The van der Waals surface area contributed by atoms with E-state index in [2.05, 4.69) is 40.3 Å². The predicted octanol–water partition coefficient (Wildman–Crippen LogP) is 4.50. The van der Waals surface area contributed by atoms with Crippen LogP contribution in [0.5, 0.6) is 0 Å². The van der Waals surface area contributed by atoms with Gasteiger partial charge in [-0.25, -0.2) is 4.79 Å². The lowest BCUT2D eigenvalue weighted by molar-refractivity contribution is 0.0225. The number of halogens is 1. The first-order chi connectivity index (χ1) is 10.8. The molecule has 0 spiro atoms. The highest BCUT2D eigenvalue weighted by Gasteiger charge is 2.32. The number of hydrogen-bond acceptors (Lipinski definition) is 3. The van der Waals surface area contributed by atoms with Crippen molar-refractivity contribution < 1.29 is 9.53 Å². The van der Waals surface area contributed by atoms with E-state index in [0.29, 0.717) is 0 Å². The Balaban J connectivity index is 1.92. The fourth-order valence-electron chi connectivity index (χ4n) is 2.86. The lowest BCUT2D eigenvalue weighted by Gasteiger charge is -2.29. The molecule has 0 bridgehead atoms. The van der Waals surface area contributed by atoms with Gasteiger partial charge in [0.05, 0.1) is 0 Å². The van der Waals surface area contributed by atoms with Gasteiger partial charge in [0.15, 0.2) is 0 Å². The van der Waals surface area contributed by atoms with Gasteiger partial charge in [-0.3, -0.25) is 0 Å². The summed E-state index contributed by atoms with van der Waals surface area (Å²) in [7, 11) is 0.